The summed E-state index contributed by atoms with van der Waals surface area (Å²) >= 11 is 19.0. The smallest absolute Gasteiger partial charge is 0.330 e. The van der Waals surface area contributed by atoms with E-state index in [1.54, 1.807) is 48.5 Å². The van der Waals surface area contributed by atoms with Crippen molar-refractivity contribution in [2.45, 2.75) is 0 Å². The molecule has 5 aromatic rings. The van der Waals surface area contributed by atoms with Gasteiger partial charge in [-0.3, -0.25) is 9.36 Å². The number of hydrogen-bond donors (Lipinski definition) is 1. The SMILES string of the molecule is Nc1nc2c(s1)c(=O)n(-c1cccc(Cl)c1)c(=S)n2-c1nnc(-c2ccccc2Cl)o1. The quantitative estimate of drug-likeness (QED) is 0.359. The van der Waals surface area contributed by atoms with Crippen molar-refractivity contribution < 1.29 is 4.42 Å². The van der Waals surface area contributed by atoms with Crippen LogP contribution in [0, 0.1) is 4.77 Å². The highest BCUT2D eigenvalue weighted by molar-refractivity contribution is 7.71. The molecule has 0 unspecified atom stereocenters. The Kier molecular flexibility index (Phi) is 4.86. The normalized spacial score (nSPS) is 11.3. The lowest BCUT2D eigenvalue weighted by Crippen LogP contribution is -2.23. The Morgan fingerprint density at radius 2 is 1.87 bits per heavy atom. The molecule has 0 bridgehead atoms. The third-order valence-electron chi connectivity index (χ3n) is 4.39. The van der Waals surface area contributed by atoms with Crippen LogP contribution in [0.25, 0.3) is 33.5 Å². The largest absolute Gasteiger partial charge is 0.403 e. The van der Waals surface area contributed by atoms with E-state index in [9.17, 15) is 4.79 Å². The van der Waals surface area contributed by atoms with Crippen LogP contribution in [0.4, 0.5) is 5.13 Å². The van der Waals surface area contributed by atoms with Gasteiger partial charge in [0.2, 0.25) is 0 Å². The monoisotopic (exact) mass is 488 g/mol. The summed E-state index contributed by atoms with van der Waals surface area (Å²) in [5.74, 6) is 0.194. The van der Waals surface area contributed by atoms with Crippen molar-refractivity contribution in [1.82, 2.24) is 24.3 Å². The number of anilines is 1. The lowest BCUT2D eigenvalue weighted by atomic mass is 10.2. The molecule has 0 atom stereocenters. The first kappa shape index (κ1) is 19.9. The minimum Gasteiger partial charge on any atom is -0.403 e. The summed E-state index contributed by atoms with van der Waals surface area (Å²) < 4.78 is 8.94. The second-order valence-electron chi connectivity index (χ2n) is 6.31. The molecule has 0 aliphatic heterocycles. The number of benzene rings is 2. The van der Waals surface area contributed by atoms with Gasteiger partial charge < -0.3 is 10.2 Å². The maximum atomic E-state index is 13.2. The van der Waals surface area contributed by atoms with Crippen LogP contribution >= 0.6 is 46.8 Å². The third kappa shape index (κ3) is 3.33. The van der Waals surface area contributed by atoms with Crippen LogP contribution in [0.3, 0.4) is 0 Å². The van der Waals surface area contributed by atoms with Crippen molar-refractivity contribution in [1.29, 1.82) is 0 Å². The summed E-state index contributed by atoms with van der Waals surface area (Å²) in [7, 11) is 0. The van der Waals surface area contributed by atoms with Crippen molar-refractivity contribution >= 4 is 62.2 Å². The predicted octanol–water partition coefficient (Wildman–Crippen LogP) is 4.91. The van der Waals surface area contributed by atoms with Crippen LogP contribution < -0.4 is 11.3 Å². The van der Waals surface area contributed by atoms with Crippen LogP contribution in [-0.4, -0.2) is 24.3 Å². The lowest BCUT2D eigenvalue weighted by Gasteiger charge is -2.10. The second-order valence-corrected chi connectivity index (χ2v) is 8.55. The molecule has 3 aromatic heterocycles. The number of halogens is 2. The zero-order valence-electron chi connectivity index (χ0n) is 15.3. The van der Waals surface area contributed by atoms with E-state index < -0.39 is 0 Å². The Morgan fingerprint density at radius 3 is 2.65 bits per heavy atom. The molecule has 0 saturated carbocycles. The second kappa shape index (κ2) is 7.57. The van der Waals surface area contributed by atoms with Crippen LogP contribution in [0.5, 0.6) is 0 Å². The zero-order chi connectivity index (χ0) is 21.7. The number of thiazole rings is 1. The first-order valence-corrected chi connectivity index (χ1v) is 10.7. The van der Waals surface area contributed by atoms with Crippen molar-refractivity contribution in [3.63, 3.8) is 0 Å². The maximum Gasteiger partial charge on any atom is 0.330 e. The number of nitrogen functional groups attached to an aromatic ring is 1. The highest BCUT2D eigenvalue weighted by atomic mass is 35.5. The number of fused-ring (bicyclic) bond motifs is 1. The van der Waals surface area contributed by atoms with E-state index in [-0.39, 0.29) is 37.7 Å². The number of aromatic nitrogens is 5. The molecule has 5 rings (SSSR count). The van der Waals surface area contributed by atoms with Crippen molar-refractivity contribution in [2.75, 3.05) is 5.73 Å². The Morgan fingerprint density at radius 1 is 1.06 bits per heavy atom. The molecule has 0 radical (unpaired) electrons. The molecule has 0 spiro atoms. The Bertz CT molecular complexity index is 1590. The van der Waals surface area contributed by atoms with Crippen LogP contribution in [0.1, 0.15) is 0 Å². The molecule has 0 amide bonds. The number of nitrogens with two attached hydrogens (primary N) is 1. The Hall–Kier alpha value is -3.05. The molecular weight excluding hydrogens is 479 g/mol. The molecule has 2 aromatic carbocycles. The van der Waals surface area contributed by atoms with Gasteiger partial charge in [-0.15, -0.1) is 5.10 Å². The van der Waals surface area contributed by atoms with Gasteiger partial charge in [-0.25, -0.2) is 9.55 Å². The average Bonchev–Trinajstić information content (AvgIpc) is 3.36. The molecule has 0 aliphatic rings. The highest BCUT2D eigenvalue weighted by Crippen LogP contribution is 2.29. The van der Waals surface area contributed by atoms with Gasteiger partial charge in [0.15, 0.2) is 15.5 Å². The summed E-state index contributed by atoms with van der Waals surface area (Å²) in [5.41, 5.74) is 6.79. The average molecular weight is 489 g/mol. The molecule has 12 heteroatoms. The van der Waals surface area contributed by atoms with E-state index in [0.29, 0.717) is 21.3 Å². The van der Waals surface area contributed by atoms with Gasteiger partial charge in [0.25, 0.3) is 11.4 Å². The molecule has 0 saturated heterocycles. The first-order chi connectivity index (χ1) is 14.9. The molecule has 31 heavy (non-hydrogen) atoms. The van der Waals surface area contributed by atoms with E-state index in [2.05, 4.69) is 15.2 Å². The zero-order valence-corrected chi connectivity index (χ0v) is 18.5. The van der Waals surface area contributed by atoms with Gasteiger partial charge in [0, 0.05) is 5.02 Å². The van der Waals surface area contributed by atoms with Crippen molar-refractivity contribution in [3.8, 4) is 23.2 Å². The van der Waals surface area contributed by atoms with Crippen molar-refractivity contribution in [2.24, 2.45) is 0 Å². The van der Waals surface area contributed by atoms with E-state index >= 15 is 0 Å². The fourth-order valence-corrected chi connectivity index (χ4v) is 4.56. The molecule has 8 nitrogen and oxygen atoms in total. The van der Waals surface area contributed by atoms with E-state index in [1.165, 1.54) is 9.13 Å². The summed E-state index contributed by atoms with van der Waals surface area (Å²) in [4.78, 5) is 17.5. The minimum atomic E-state index is -0.376. The predicted molar refractivity (Wildman–Crippen MR) is 123 cm³/mol. The van der Waals surface area contributed by atoms with E-state index in [0.717, 1.165) is 11.3 Å². The molecular formula is C19H10Cl2N6O2S2. The maximum absolute atomic E-state index is 13.2. The Balaban J connectivity index is 1.81. The van der Waals surface area contributed by atoms with Gasteiger partial charge in [-0.2, -0.15) is 0 Å². The Labute approximate surface area is 193 Å². The number of nitrogens with zero attached hydrogens (tertiary/aromatic N) is 5. The van der Waals surface area contributed by atoms with Crippen LogP contribution in [-0.2, 0) is 0 Å². The lowest BCUT2D eigenvalue weighted by molar-refractivity contribution is 0.534. The standard InChI is InChI=1S/C19H10Cl2N6O2S2/c20-9-4-3-5-10(8-9)26-16(28)13-14(23-17(22)31-13)27(19(26)30)18-25-24-15(29-18)11-6-1-2-7-12(11)21/h1-8H,(H2,22,23). The molecule has 3 heterocycles. The molecule has 154 valence electrons. The fourth-order valence-electron chi connectivity index (χ4n) is 3.06. The fraction of sp³-hybridized carbons (Fsp3) is 0. The summed E-state index contributed by atoms with van der Waals surface area (Å²) in [6.07, 6.45) is 0. The third-order valence-corrected chi connectivity index (χ3v) is 6.19. The molecule has 2 N–H and O–H groups in total. The van der Waals surface area contributed by atoms with Gasteiger partial charge >= 0.3 is 6.01 Å². The molecule has 0 aliphatic carbocycles. The topological polar surface area (TPSA) is 105 Å². The summed E-state index contributed by atoms with van der Waals surface area (Å²) in [6.45, 7) is 0. The molecule has 0 fully saturated rings. The number of hydrogen-bond acceptors (Lipinski definition) is 8. The van der Waals surface area contributed by atoms with Gasteiger partial charge in [-0.05, 0) is 42.5 Å². The summed E-state index contributed by atoms with van der Waals surface area (Å²) in [6, 6.07) is 13.8. The minimum absolute atomic E-state index is 0.0194. The van der Waals surface area contributed by atoms with E-state index in [4.69, 9.17) is 45.6 Å². The van der Waals surface area contributed by atoms with Gasteiger partial charge in [0.1, 0.15) is 4.70 Å². The van der Waals surface area contributed by atoms with Crippen LogP contribution in [0.2, 0.25) is 10.0 Å². The number of rotatable bonds is 3. The van der Waals surface area contributed by atoms with Gasteiger partial charge in [0.05, 0.1) is 16.3 Å². The highest BCUT2D eigenvalue weighted by Gasteiger charge is 2.21. The van der Waals surface area contributed by atoms with E-state index in [1.807, 2.05) is 0 Å². The van der Waals surface area contributed by atoms with Gasteiger partial charge in [-0.1, -0.05) is 57.8 Å². The first-order valence-electron chi connectivity index (χ1n) is 8.73. The van der Waals surface area contributed by atoms with Crippen molar-refractivity contribution in [3.05, 3.63) is 73.7 Å². The summed E-state index contributed by atoms with van der Waals surface area (Å²) in [5, 5.41) is 9.30. The van der Waals surface area contributed by atoms with Crippen LogP contribution in [0.15, 0.2) is 57.7 Å².